The molecule has 0 amide bonds. The van der Waals surface area contributed by atoms with E-state index in [1.165, 1.54) is 24.3 Å². The number of hydrogen-bond donors (Lipinski definition) is 3. The van der Waals surface area contributed by atoms with E-state index >= 15 is 8.78 Å². The fraction of sp³-hybridized carbons (Fsp3) is 0.467. The van der Waals surface area contributed by atoms with Gasteiger partial charge in [-0.2, -0.15) is 0 Å². The first-order chi connectivity index (χ1) is 26.6. The van der Waals surface area contributed by atoms with Gasteiger partial charge in [-0.3, -0.25) is 37.0 Å². The summed E-state index contributed by atoms with van der Waals surface area (Å²) in [5, 5.41) is 0. The van der Waals surface area contributed by atoms with Crippen molar-refractivity contribution in [2.45, 2.75) is 74.9 Å². The fourth-order valence-electron chi connectivity index (χ4n) is 5.91. The Kier molecular flexibility index (Phi) is 11.5. The number of nitrogen functional groups attached to an aromatic ring is 1. The van der Waals surface area contributed by atoms with Gasteiger partial charge in [0, 0.05) is 18.0 Å². The number of anilines is 1. The van der Waals surface area contributed by atoms with Crippen LogP contribution >= 0.6 is 26.0 Å². The molecule has 2 bridgehead atoms. The molecule has 3 saturated heterocycles. The Morgan fingerprint density at radius 1 is 1.00 bits per heavy atom. The summed E-state index contributed by atoms with van der Waals surface area (Å²) in [4.78, 5) is 61.2. The third-order valence-electron chi connectivity index (χ3n) is 8.47. The second-order valence-electron chi connectivity index (χ2n) is 12.7. The summed E-state index contributed by atoms with van der Waals surface area (Å²) in [6.07, 6.45) is -13.2. The van der Waals surface area contributed by atoms with Crippen LogP contribution in [0.3, 0.4) is 0 Å². The lowest BCUT2D eigenvalue weighted by Gasteiger charge is -2.27. The van der Waals surface area contributed by atoms with Crippen LogP contribution < -0.4 is 21.7 Å². The summed E-state index contributed by atoms with van der Waals surface area (Å²) in [5.74, 6) is -0.0200. The smallest absolute Gasteiger partial charge is 0.431 e. The lowest BCUT2D eigenvalue weighted by atomic mass is 10.1. The molecular weight excluding hydrogens is 814 g/mol. The van der Waals surface area contributed by atoms with Crippen LogP contribution in [-0.2, 0) is 47.2 Å². The van der Waals surface area contributed by atoms with E-state index in [4.69, 9.17) is 42.8 Å². The molecule has 4 N–H and O–H groups in total. The molecule has 3 aromatic heterocycles. The summed E-state index contributed by atoms with van der Waals surface area (Å²) < 4.78 is 106. The zero-order chi connectivity index (χ0) is 39.9. The quantitative estimate of drug-likeness (QED) is 0.137. The second kappa shape index (κ2) is 16.0. The number of imidazole rings is 1. The molecule has 0 saturated carbocycles. The van der Waals surface area contributed by atoms with Crippen molar-refractivity contribution < 1.29 is 64.6 Å². The highest BCUT2D eigenvalue weighted by Gasteiger charge is 2.55. The van der Waals surface area contributed by atoms with E-state index in [9.17, 15) is 28.4 Å². The first-order valence-corrected chi connectivity index (χ1v) is 21.3. The molecule has 3 aliphatic rings. The average Bonchev–Trinajstić information content (AvgIpc) is 3.79. The number of ether oxygens (including phenoxy) is 4. The van der Waals surface area contributed by atoms with Crippen LogP contribution in [0.5, 0.6) is 5.75 Å². The average molecular weight is 848 g/mol. The van der Waals surface area contributed by atoms with E-state index < -0.39 is 101 Å². The molecule has 0 radical (unpaired) electrons. The number of aromatic amines is 1. The summed E-state index contributed by atoms with van der Waals surface area (Å²) in [6, 6.07) is 6.87. The minimum Gasteiger partial charge on any atom is -0.431 e. The van der Waals surface area contributed by atoms with Gasteiger partial charge in [0.2, 0.25) is 0 Å². The number of aromatic nitrogens is 6. The molecule has 1 unspecified atom stereocenters. The predicted molar refractivity (Wildman–Crippen MR) is 188 cm³/mol. The zero-order valence-corrected chi connectivity index (χ0v) is 31.7. The van der Waals surface area contributed by atoms with Crippen molar-refractivity contribution in [3.63, 3.8) is 0 Å². The minimum atomic E-state index is -5.25. The Hall–Kier alpha value is -4.09. The Labute approximate surface area is 317 Å². The lowest BCUT2D eigenvalue weighted by Crippen LogP contribution is -2.37. The van der Waals surface area contributed by atoms with E-state index in [0.29, 0.717) is 16.9 Å². The number of H-pyrrole nitrogens is 1. The van der Waals surface area contributed by atoms with Gasteiger partial charge < -0.3 is 29.6 Å². The van der Waals surface area contributed by atoms with Crippen LogP contribution in [-0.4, -0.2) is 96.2 Å². The Bertz CT molecular complexity index is 2300. The van der Waals surface area contributed by atoms with Crippen LogP contribution in [0.4, 0.5) is 19.4 Å². The van der Waals surface area contributed by atoms with Gasteiger partial charge >= 0.3 is 26.5 Å². The maximum absolute atomic E-state index is 16.3. The molecule has 0 aliphatic carbocycles. The summed E-state index contributed by atoms with van der Waals surface area (Å²) in [5.41, 5.74) is 4.69. The Morgan fingerprint density at radius 2 is 1.73 bits per heavy atom. The molecule has 0 spiro atoms. The van der Waals surface area contributed by atoms with E-state index in [1.807, 2.05) is 4.98 Å². The van der Waals surface area contributed by atoms with Gasteiger partial charge in [-0.15, -0.1) is 0 Å². The molecule has 6 heterocycles. The number of alkyl halides is 2. The highest BCUT2D eigenvalue weighted by molar-refractivity contribution is 8.54. The third-order valence-corrected chi connectivity index (χ3v) is 13.1. The van der Waals surface area contributed by atoms with E-state index in [2.05, 4.69) is 15.0 Å². The van der Waals surface area contributed by atoms with Crippen molar-refractivity contribution in [2.24, 2.45) is 0 Å². The number of halogens is 2. The summed E-state index contributed by atoms with van der Waals surface area (Å²) in [6.45, 7) is -3.21. The molecule has 7 rings (SSSR count). The normalized spacial score (nSPS) is 32.3. The van der Waals surface area contributed by atoms with E-state index in [0.717, 1.165) is 34.1 Å². The highest BCUT2D eigenvalue weighted by atomic mass is 32.7. The number of carbonyl (C=O) groups is 1. The third kappa shape index (κ3) is 8.59. The predicted octanol–water partition coefficient (Wildman–Crippen LogP) is 3.31. The molecule has 21 nitrogen and oxygen atoms in total. The van der Waals surface area contributed by atoms with Crippen molar-refractivity contribution in [2.75, 3.05) is 18.9 Å². The molecule has 302 valence electrons. The monoisotopic (exact) mass is 847 g/mol. The Balaban J connectivity index is 1.20. The number of phosphoric acid groups is 1. The van der Waals surface area contributed by atoms with Crippen LogP contribution in [0.2, 0.25) is 0 Å². The molecule has 4 aromatic rings. The zero-order valence-electron chi connectivity index (χ0n) is 29.1. The number of phosphoric ester groups is 1. The first kappa shape index (κ1) is 40.1. The van der Waals surface area contributed by atoms with Crippen molar-refractivity contribution in [1.29, 1.82) is 0 Å². The van der Waals surface area contributed by atoms with Crippen LogP contribution in [0.25, 0.3) is 11.2 Å². The van der Waals surface area contributed by atoms with Gasteiger partial charge in [-0.1, -0.05) is 12.1 Å². The Morgan fingerprint density at radius 3 is 2.46 bits per heavy atom. The van der Waals surface area contributed by atoms with Crippen molar-refractivity contribution in [1.82, 2.24) is 29.1 Å². The number of carbonyl (C=O) groups excluding carboxylic acids is 1. The van der Waals surface area contributed by atoms with Crippen molar-refractivity contribution in [3.8, 4) is 5.75 Å². The standard InChI is InChI=1S/C30H33F2N7O14P2S/c1-14(2)48-30(42)49-16-5-3-15(4-6-16)11-56-55(45)47-10-18-23(21(32)27(51-18)39-13-36-22-25(33)34-12-35-26(22)39)52-54(43,44)46-9-17-20(31)24(53-55)28(50-17)38-8-7-19(40)37-29(38)41/h3-8,12-14,17-18,20-21,23-24,27-28H,9-11H2,1-2H3,(H,43,44)(H2,33,34,35)(H,37,40,41)/t17-,18-,20-,21-,23-,24-,27-,28-,55-/m1/s1. The second-order valence-corrected chi connectivity index (χ2v) is 18.1. The van der Waals surface area contributed by atoms with Gasteiger partial charge in [-0.25, -0.2) is 42.5 Å². The van der Waals surface area contributed by atoms with Crippen LogP contribution in [0.15, 0.2) is 58.8 Å². The lowest BCUT2D eigenvalue weighted by molar-refractivity contribution is -0.0635. The molecule has 1 aromatic carbocycles. The van der Waals surface area contributed by atoms with Gasteiger partial charge in [-0.05, 0) is 42.9 Å². The van der Waals surface area contributed by atoms with Crippen LogP contribution in [0, 0.1) is 0 Å². The topological polar surface area (TPSA) is 270 Å². The maximum atomic E-state index is 16.3. The van der Waals surface area contributed by atoms with Gasteiger partial charge in [0.15, 0.2) is 36.3 Å². The van der Waals surface area contributed by atoms with Crippen molar-refractivity contribution in [3.05, 3.63) is 75.6 Å². The number of nitrogens with zero attached hydrogens (tertiary/aromatic N) is 5. The largest absolute Gasteiger partial charge is 0.514 e. The number of hydrogen-bond acceptors (Lipinski definition) is 18. The minimum absolute atomic E-state index is 0.0195. The molecule has 10 atom stereocenters. The number of benzene rings is 1. The highest BCUT2D eigenvalue weighted by Crippen LogP contribution is 2.65. The number of nitrogens with one attached hydrogen (secondary N) is 1. The molecule has 3 aliphatic heterocycles. The van der Waals surface area contributed by atoms with Crippen LogP contribution in [0.1, 0.15) is 31.9 Å². The molecule has 3 fully saturated rings. The van der Waals surface area contributed by atoms with Gasteiger partial charge in [0.25, 0.3) is 5.56 Å². The first-order valence-electron chi connectivity index (χ1n) is 16.6. The van der Waals surface area contributed by atoms with Gasteiger partial charge in [0.05, 0.1) is 25.6 Å². The molecular formula is C30H33F2N7O14P2S. The van der Waals surface area contributed by atoms with E-state index in [-0.39, 0.29) is 28.5 Å². The van der Waals surface area contributed by atoms with E-state index in [1.54, 1.807) is 13.8 Å². The fourth-order valence-corrected chi connectivity index (χ4v) is 10.2. The number of nitrogens with two attached hydrogens (primary N) is 1. The number of rotatable bonds is 7. The maximum Gasteiger partial charge on any atom is 0.514 e. The van der Waals surface area contributed by atoms with Gasteiger partial charge in [0.1, 0.15) is 42.0 Å². The summed E-state index contributed by atoms with van der Waals surface area (Å²) in [7, 11) is -5.25. The SMILES string of the molecule is CC(C)OC(=O)Oc1ccc(CS[P@]2(=O)OC[C@H]3O[C@@H](n4cnc5c(N)ncnc54)[C@H](F)[C@@H]3OP(=O)(O)OC[C@H]3O[C@@H](n4ccc(=O)[nH]c4=O)[C@H](O2)[C@@H]3F)cc1. The van der Waals surface area contributed by atoms with Crippen molar-refractivity contribution >= 4 is 49.1 Å². The summed E-state index contributed by atoms with van der Waals surface area (Å²) >= 11 is 0.557. The molecule has 26 heteroatoms. The molecule has 56 heavy (non-hydrogen) atoms. The number of fused-ring (bicyclic) bond motifs is 4.